The molecule has 0 aliphatic carbocycles. The van der Waals surface area contributed by atoms with Crippen molar-refractivity contribution < 1.29 is 14.6 Å². The van der Waals surface area contributed by atoms with Crippen LogP contribution in [0.2, 0.25) is 0 Å². The van der Waals surface area contributed by atoms with Crippen LogP contribution in [0, 0.1) is 11.3 Å². The number of carbonyl (C=O) groups is 1. The van der Waals surface area contributed by atoms with Gasteiger partial charge in [0, 0.05) is 12.1 Å². The lowest BCUT2D eigenvalue weighted by Gasteiger charge is -2.51. The first-order valence-corrected chi connectivity index (χ1v) is 9.66. The molecule has 6 nitrogen and oxygen atoms in total. The van der Waals surface area contributed by atoms with Crippen molar-refractivity contribution in [1.29, 1.82) is 5.26 Å². The number of nitrogens with zero attached hydrogens (tertiary/aromatic N) is 3. The molecule has 1 fully saturated rings. The van der Waals surface area contributed by atoms with E-state index in [-0.39, 0.29) is 24.1 Å². The monoisotopic (exact) mass is 399 g/mol. The van der Waals surface area contributed by atoms with Gasteiger partial charge in [-0.1, -0.05) is 42.5 Å². The number of rotatable bonds is 5. The van der Waals surface area contributed by atoms with Gasteiger partial charge in [-0.15, -0.1) is 0 Å². The maximum atomic E-state index is 12.8. The number of methoxy groups -OCH3 is 1. The number of nitriles is 1. The lowest BCUT2D eigenvalue weighted by molar-refractivity contribution is -0.00629. The second-order valence-corrected chi connectivity index (χ2v) is 7.13. The third-order valence-corrected chi connectivity index (χ3v) is 5.55. The van der Waals surface area contributed by atoms with Gasteiger partial charge in [0.15, 0.2) is 0 Å². The fourth-order valence-corrected chi connectivity index (χ4v) is 4.01. The minimum atomic E-state index is -0.653. The summed E-state index contributed by atoms with van der Waals surface area (Å²) in [5.74, 6) is 0.182. The summed E-state index contributed by atoms with van der Waals surface area (Å²) in [6.45, 7) is -0.223. The average Bonchev–Trinajstić information content (AvgIpc) is 2.80. The minimum Gasteiger partial charge on any atom is -0.497 e. The first kappa shape index (κ1) is 19.6. The first-order chi connectivity index (χ1) is 14.7. The van der Waals surface area contributed by atoms with Crippen molar-refractivity contribution in [3.63, 3.8) is 0 Å². The Labute approximate surface area is 175 Å². The molecule has 1 aromatic heterocycles. The Morgan fingerprint density at radius 3 is 2.57 bits per heavy atom. The van der Waals surface area contributed by atoms with Crippen LogP contribution in [0.1, 0.15) is 22.0 Å². The van der Waals surface area contributed by atoms with Crippen LogP contribution >= 0.6 is 0 Å². The molecule has 1 aliphatic heterocycles. The highest BCUT2D eigenvalue weighted by molar-refractivity contribution is 5.94. The zero-order valence-corrected chi connectivity index (χ0v) is 16.5. The summed E-state index contributed by atoms with van der Waals surface area (Å²) in [6.07, 6.45) is 1.54. The highest BCUT2D eigenvalue weighted by Crippen LogP contribution is 2.41. The summed E-state index contributed by atoms with van der Waals surface area (Å²) in [5.41, 5.74) is 3.23. The van der Waals surface area contributed by atoms with Crippen LogP contribution < -0.4 is 4.74 Å². The molecule has 0 saturated carbocycles. The number of likely N-dealkylation sites (tertiary alicyclic amines) is 1. The van der Waals surface area contributed by atoms with Crippen molar-refractivity contribution in [3.05, 3.63) is 84.2 Å². The molecule has 0 spiro atoms. The molecule has 0 bridgehead atoms. The van der Waals surface area contributed by atoms with Gasteiger partial charge in [-0.05, 0) is 41.0 Å². The molecule has 0 radical (unpaired) electrons. The SMILES string of the molecule is COc1cccc(-c2ccc([C@H]3[C@@H](C#N)N(C(=O)c4ccccn4)[C@H]3CO)cc2)c1. The van der Waals surface area contributed by atoms with E-state index in [1.807, 2.05) is 48.5 Å². The lowest BCUT2D eigenvalue weighted by Crippen LogP contribution is -2.65. The predicted molar refractivity (Wildman–Crippen MR) is 112 cm³/mol. The molecule has 2 aromatic carbocycles. The number of hydrogen-bond donors (Lipinski definition) is 1. The van der Waals surface area contributed by atoms with Crippen molar-refractivity contribution in [1.82, 2.24) is 9.88 Å². The smallest absolute Gasteiger partial charge is 0.273 e. The fourth-order valence-electron chi connectivity index (χ4n) is 4.01. The van der Waals surface area contributed by atoms with Crippen molar-refractivity contribution in [2.75, 3.05) is 13.7 Å². The average molecular weight is 399 g/mol. The highest BCUT2D eigenvalue weighted by Gasteiger charge is 2.52. The molecule has 6 heteroatoms. The molecule has 1 amide bonds. The molecule has 1 saturated heterocycles. The third-order valence-electron chi connectivity index (χ3n) is 5.55. The Bertz CT molecular complexity index is 1080. The quantitative estimate of drug-likeness (QED) is 0.712. The van der Waals surface area contributed by atoms with Crippen molar-refractivity contribution >= 4 is 5.91 Å². The molecule has 4 rings (SSSR count). The molecule has 1 N–H and O–H groups in total. The number of hydrogen-bond acceptors (Lipinski definition) is 5. The van der Waals surface area contributed by atoms with Gasteiger partial charge < -0.3 is 14.7 Å². The zero-order valence-electron chi connectivity index (χ0n) is 16.5. The van der Waals surface area contributed by atoms with Crippen LogP contribution in [0.4, 0.5) is 0 Å². The van der Waals surface area contributed by atoms with E-state index < -0.39 is 12.1 Å². The number of benzene rings is 2. The molecule has 150 valence electrons. The van der Waals surface area contributed by atoms with E-state index >= 15 is 0 Å². The highest BCUT2D eigenvalue weighted by atomic mass is 16.5. The van der Waals surface area contributed by atoms with Gasteiger partial charge in [0.05, 0.1) is 25.8 Å². The van der Waals surface area contributed by atoms with Gasteiger partial charge in [0.2, 0.25) is 0 Å². The van der Waals surface area contributed by atoms with Crippen molar-refractivity contribution in [2.45, 2.75) is 18.0 Å². The number of carbonyl (C=O) groups excluding carboxylic acids is 1. The maximum Gasteiger partial charge on any atom is 0.273 e. The molecule has 0 unspecified atom stereocenters. The normalized spacial score (nSPS) is 20.2. The number of amides is 1. The molecular weight excluding hydrogens is 378 g/mol. The van der Waals surface area contributed by atoms with Crippen molar-refractivity contribution in [3.8, 4) is 22.9 Å². The second-order valence-electron chi connectivity index (χ2n) is 7.13. The summed E-state index contributed by atoms with van der Waals surface area (Å²) in [5, 5.41) is 19.7. The number of aromatic nitrogens is 1. The molecule has 30 heavy (non-hydrogen) atoms. The molecule has 3 aromatic rings. The Morgan fingerprint density at radius 2 is 1.93 bits per heavy atom. The number of aliphatic hydroxyl groups excluding tert-OH is 1. The van der Waals surface area contributed by atoms with Gasteiger partial charge >= 0.3 is 0 Å². The zero-order chi connectivity index (χ0) is 21.1. The summed E-state index contributed by atoms with van der Waals surface area (Å²) >= 11 is 0. The first-order valence-electron chi connectivity index (χ1n) is 9.66. The lowest BCUT2D eigenvalue weighted by atomic mass is 9.75. The Morgan fingerprint density at radius 1 is 1.13 bits per heavy atom. The Hall–Kier alpha value is -3.69. The van der Waals surface area contributed by atoms with Crippen LogP contribution in [-0.4, -0.2) is 46.7 Å². The molecule has 1 aliphatic rings. The van der Waals surface area contributed by atoms with E-state index in [4.69, 9.17) is 4.74 Å². The number of ether oxygens (including phenoxy) is 1. The van der Waals surface area contributed by atoms with Crippen molar-refractivity contribution in [2.24, 2.45) is 0 Å². The summed E-state index contributed by atoms with van der Waals surface area (Å²) in [6, 6.07) is 21.8. The molecular formula is C24H21N3O3. The van der Waals surface area contributed by atoms with E-state index in [0.29, 0.717) is 0 Å². The summed E-state index contributed by atoms with van der Waals surface area (Å²) in [7, 11) is 1.63. The fraction of sp³-hybridized carbons (Fsp3) is 0.208. The van der Waals surface area contributed by atoms with Gasteiger partial charge in [0.25, 0.3) is 5.91 Å². The summed E-state index contributed by atoms with van der Waals surface area (Å²) in [4.78, 5) is 18.3. The standard InChI is InChI=1S/C24H21N3O3/c1-30-19-6-4-5-18(13-19)16-8-10-17(11-9-16)23-21(14-25)27(22(23)15-28)24(29)20-7-2-3-12-26-20/h2-13,21-23,28H,15H2,1H3/t21-,22+,23+/m1/s1. The number of pyridine rings is 1. The van der Waals surface area contributed by atoms with E-state index in [1.54, 1.807) is 25.3 Å². The van der Waals surface area contributed by atoms with Crippen LogP contribution in [0.15, 0.2) is 72.9 Å². The topological polar surface area (TPSA) is 86.5 Å². The van der Waals surface area contributed by atoms with E-state index in [9.17, 15) is 15.2 Å². The van der Waals surface area contributed by atoms with Gasteiger partial charge in [-0.2, -0.15) is 5.26 Å². The van der Waals surface area contributed by atoms with Crippen LogP contribution in [0.5, 0.6) is 5.75 Å². The summed E-state index contributed by atoms with van der Waals surface area (Å²) < 4.78 is 5.29. The van der Waals surface area contributed by atoms with E-state index in [1.165, 1.54) is 11.1 Å². The Kier molecular flexibility index (Phi) is 5.46. The number of aliphatic hydroxyl groups is 1. The van der Waals surface area contributed by atoms with Crippen LogP contribution in [-0.2, 0) is 0 Å². The van der Waals surface area contributed by atoms with Gasteiger partial charge in [-0.3, -0.25) is 9.78 Å². The van der Waals surface area contributed by atoms with Crippen LogP contribution in [0.3, 0.4) is 0 Å². The maximum absolute atomic E-state index is 12.8. The minimum absolute atomic E-state index is 0.223. The molecule has 3 atom stereocenters. The third kappa shape index (κ3) is 3.40. The molecule has 2 heterocycles. The van der Waals surface area contributed by atoms with Gasteiger partial charge in [-0.25, -0.2) is 0 Å². The van der Waals surface area contributed by atoms with Gasteiger partial charge in [0.1, 0.15) is 17.5 Å². The van der Waals surface area contributed by atoms with Crippen LogP contribution in [0.25, 0.3) is 11.1 Å². The second kappa shape index (κ2) is 8.36. The van der Waals surface area contributed by atoms with E-state index in [2.05, 4.69) is 11.1 Å². The largest absolute Gasteiger partial charge is 0.497 e. The van der Waals surface area contributed by atoms with E-state index in [0.717, 1.165) is 22.4 Å². The predicted octanol–water partition coefficient (Wildman–Crippen LogP) is 3.25. The Balaban J connectivity index is 1.59.